The molecule has 1 rings (SSSR count). The van der Waals surface area contributed by atoms with E-state index in [9.17, 15) is 14.5 Å². The molecule has 0 saturated heterocycles. The molecule has 0 radical (unpaired) electrons. The molecule has 82 valence electrons. The van der Waals surface area contributed by atoms with Gasteiger partial charge in [0.15, 0.2) is 0 Å². The minimum absolute atomic E-state index is 0.257. The van der Waals surface area contributed by atoms with Gasteiger partial charge in [0.05, 0.1) is 23.7 Å². The van der Waals surface area contributed by atoms with Gasteiger partial charge in [0, 0.05) is 12.0 Å². The highest BCUT2D eigenvalue weighted by Gasteiger charge is 2.24. The summed E-state index contributed by atoms with van der Waals surface area (Å²) >= 11 is 0. The van der Waals surface area contributed by atoms with Gasteiger partial charge in [0.2, 0.25) is 0 Å². The van der Waals surface area contributed by atoms with Crippen molar-refractivity contribution in [2.45, 2.75) is 5.92 Å². The van der Waals surface area contributed by atoms with E-state index < -0.39 is 35.6 Å². The third-order valence-corrected chi connectivity index (χ3v) is 2.08. The normalized spacial score (nSPS) is 10.7. The number of benzene rings is 1. The summed E-state index contributed by atoms with van der Waals surface area (Å²) in [5, 5.41) is 28.3. The van der Waals surface area contributed by atoms with Gasteiger partial charge in [0.25, 0.3) is 5.69 Å². The Balaban J connectivity index is 3.29. The summed E-state index contributed by atoms with van der Waals surface area (Å²) in [6, 6.07) is 3.40. The zero-order valence-electron chi connectivity index (χ0n) is 7.76. The lowest BCUT2D eigenvalue weighted by Gasteiger charge is -2.12. The standard InChI is InChI=1S/C9H10FNO4/c10-7-2-1-3-8(11(14)15)9(7)6(4-12)5-13/h1-3,6,12-13H,4-5H2. The molecule has 0 atom stereocenters. The minimum atomic E-state index is -0.966. The second-order valence-corrected chi connectivity index (χ2v) is 2.99. The fourth-order valence-corrected chi connectivity index (χ4v) is 1.33. The largest absolute Gasteiger partial charge is 0.396 e. The third kappa shape index (κ3) is 2.28. The van der Waals surface area contributed by atoms with Crippen LogP contribution in [0.1, 0.15) is 11.5 Å². The Morgan fingerprint density at radius 1 is 1.40 bits per heavy atom. The fraction of sp³-hybridized carbons (Fsp3) is 0.333. The van der Waals surface area contributed by atoms with Gasteiger partial charge in [-0.3, -0.25) is 10.1 Å². The zero-order chi connectivity index (χ0) is 11.4. The van der Waals surface area contributed by atoms with Crippen molar-refractivity contribution in [3.63, 3.8) is 0 Å². The van der Waals surface area contributed by atoms with Crippen LogP contribution in [-0.2, 0) is 0 Å². The van der Waals surface area contributed by atoms with E-state index in [0.717, 1.165) is 12.1 Å². The Labute approximate surface area is 84.9 Å². The number of halogens is 1. The monoisotopic (exact) mass is 215 g/mol. The lowest BCUT2D eigenvalue weighted by Crippen LogP contribution is -2.13. The number of hydrogen-bond acceptors (Lipinski definition) is 4. The first-order chi connectivity index (χ1) is 7.11. The van der Waals surface area contributed by atoms with Gasteiger partial charge >= 0.3 is 0 Å². The third-order valence-electron chi connectivity index (χ3n) is 2.08. The molecular formula is C9H10FNO4. The quantitative estimate of drug-likeness (QED) is 0.574. The predicted octanol–water partition coefficient (Wildman–Crippen LogP) is 0.802. The molecule has 0 spiro atoms. The van der Waals surface area contributed by atoms with Crippen molar-refractivity contribution in [2.24, 2.45) is 0 Å². The van der Waals surface area contributed by atoms with Crippen LogP contribution in [0, 0.1) is 15.9 Å². The Morgan fingerprint density at radius 3 is 2.47 bits per heavy atom. The predicted molar refractivity (Wildman–Crippen MR) is 50.0 cm³/mol. The SMILES string of the molecule is O=[N+]([O-])c1cccc(F)c1C(CO)CO. The molecule has 0 saturated carbocycles. The van der Waals surface area contributed by atoms with Gasteiger partial charge in [-0.15, -0.1) is 0 Å². The molecule has 0 aromatic heterocycles. The smallest absolute Gasteiger partial charge is 0.275 e. The van der Waals surface area contributed by atoms with Gasteiger partial charge in [-0.1, -0.05) is 6.07 Å². The first kappa shape index (κ1) is 11.5. The summed E-state index contributed by atoms with van der Waals surface area (Å²) in [6.07, 6.45) is 0. The van der Waals surface area contributed by atoms with Crippen LogP contribution in [0.4, 0.5) is 10.1 Å². The molecular weight excluding hydrogens is 205 g/mol. The number of nitro groups is 1. The van der Waals surface area contributed by atoms with Crippen molar-refractivity contribution in [1.29, 1.82) is 0 Å². The molecule has 0 aliphatic carbocycles. The van der Waals surface area contributed by atoms with E-state index in [2.05, 4.69) is 0 Å². The van der Waals surface area contributed by atoms with Crippen LogP contribution < -0.4 is 0 Å². The van der Waals surface area contributed by atoms with Crippen LogP contribution in [0.3, 0.4) is 0 Å². The number of aliphatic hydroxyl groups excluding tert-OH is 2. The van der Waals surface area contributed by atoms with E-state index in [1.165, 1.54) is 6.07 Å². The Kier molecular flexibility index (Phi) is 3.70. The Bertz CT molecular complexity index is 365. The van der Waals surface area contributed by atoms with Gasteiger partial charge in [-0.05, 0) is 6.07 Å². The maximum atomic E-state index is 13.3. The van der Waals surface area contributed by atoms with Crippen LogP contribution in [0.5, 0.6) is 0 Å². The second-order valence-electron chi connectivity index (χ2n) is 2.99. The summed E-state index contributed by atoms with van der Waals surface area (Å²) in [7, 11) is 0. The average molecular weight is 215 g/mol. The molecule has 0 bridgehead atoms. The summed E-state index contributed by atoms with van der Waals surface area (Å²) in [5.41, 5.74) is -0.685. The lowest BCUT2D eigenvalue weighted by atomic mass is 9.98. The van der Waals surface area contributed by atoms with Crippen molar-refractivity contribution in [2.75, 3.05) is 13.2 Å². The van der Waals surface area contributed by atoms with Crippen molar-refractivity contribution >= 4 is 5.69 Å². The molecule has 1 aromatic rings. The number of hydrogen-bond donors (Lipinski definition) is 2. The van der Waals surface area contributed by atoms with Gasteiger partial charge < -0.3 is 10.2 Å². The fourth-order valence-electron chi connectivity index (χ4n) is 1.33. The van der Waals surface area contributed by atoms with Crippen LogP contribution >= 0.6 is 0 Å². The summed E-state index contributed by atoms with van der Waals surface area (Å²) in [4.78, 5) is 9.85. The summed E-state index contributed by atoms with van der Waals surface area (Å²) in [5.74, 6) is -1.76. The van der Waals surface area contributed by atoms with E-state index in [4.69, 9.17) is 10.2 Å². The number of nitro benzene ring substituents is 1. The summed E-state index contributed by atoms with van der Waals surface area (Å²) < 4.78 is 13.3. The molecule has 2 N–H and O–H groups in total. The van der Waals surface area contributed by atoms with E-state index in [0.29, 0.717) is 0 Å². The average Bonchev–Trinajstić information content (AvgIpc) is 2.21. The van der Waals surface area contributed by atoms with E-state index in [-0.39, 0.29) is 5.56 Å². The van der Waals surface area contributed by atoms with Gasteiger partial charge in [0.1, 0.15) is 5.82 Å². The number of nitrogens with zero attached hydrogens (tertiary/aromatic N) is 1. The van der Waals surface area contributed by atoms with Crippen molar-refractivity contribution in [3.05, 3.63) is 39.7 Å². The van der Waals surface area contributed by atoms with Crippen molar-refractivity contribution < 1.29 is 19.5 Å². The molecule has 0 unspecified atom stereocenters. The molecule has 5 nitrogen and oxygen atoms in total. The molecule has 1 aromatic carbocycles. The highest BCUT2D eigenvalue weighted by atomic mass is 19.1. The maximum Gasteiger partial charge on any atom is 0.275 e. The van der Waals surface area contributed by atoms with E-state index in [1.54, 1.807) is 0 Å². The second kappa shape index (κ2) is 4.81. The maximum absolute atomic E-state index is 13.3. The topological polar surface area (TPSA) is 83.6 Å². The number of aliphatic hydroxyl groups is 2. The summed E-state index contributed by atoms with van der Waals surface area (Å²) in [6.45, 7) is -1.09. The van der Waals surface area contributed by atoms with Gasteiger partial charge in [-0.25, -0.2) is 4.39 Å². The van der Waals surface area contributed by atoms with Crippen molar-refractivity contribution in [1.82, 2.24) is 0 Å². The Hall–Kier alpha value is -1.53. The molecule has 0 heterocycles. The van der Waals surface area contributed by atoms with E-state index >= 15 is 0 Å². The first-order valence-corrected chi connectivity index (χ1v) is 4.26. The zero-order valence-corrected chi connectivity index (χ0v) is 7.76. The highest BCUT2D eigenvalue weighted by Crippen LogP contribution is 2.28. The van der Waals surface area contributed by atoms with Crippen LogP contribution in [0.25, 0.3) is 0 Å². The molecule has 0 fully saturated rings. The van der Waals surface area contributed by atoms with Crippen LogP contribution in [0.15, 0.2) is 18.2 Å². The number of rotatable bonds is 4. The molecule has 0 amide bonds. The first-order valence-electron chi connectivity index (χ1n) is 4.26. The highest BCUT2D eigenvalue weighted by molar-refractivity contribution is 5.43. The molecule has 0 aliphatic rings. The molecule has 0 aliphatic heterocycles. The minimum Gasteiger partial charge on any atom is -0.396 e. The Morgan fingerprint density at radius 2 is 2.00 bits per heavy atom. The lowest BCUT2D eigenvalue weighted by molar-refractivity contribution is -0.386. The van der Waals surface area contributed by atoms with Crippen LogP contribution in [-0.4, -0.2) is 28.4 Å². The molecule has 15 heavy (non-hydrogen) atoms. The van der Waals surface area contributed by atoms with E-state index in [1.807, 2.05) is 0 Å². The molecule has 6 heteroatoms. The van der Waals surface area contributed by atoms with Gasteiger partial charge in [-0.2, -0.15) is 0 Å². The van der Waals surface area contributed by atoms with Crippen molar-refractivity contribution in [3.8, 4) is 0 Å². The van der Waals surface area contributed by atoms with Crippen LogP contribution in [0.2, 0.25) is 0 Å².